The van der Waals surface area contributed by atoms with E-state index in [1.807, 2.05) is 24.3 Å². The quantitative estimate of drug-likeness (QED) is 0.0755. The zero-order valence-electron chi connectivity index (χ0n) is 38.3. The largest absolute Gasteiger partial charge is 0.456 e. The van der Waals surface area contributed by atoms with E-state index in [1.165, 1.54) is 55.4 Å². The van der Waals surface area contributed by atoms with E-state index in [2.05, 4.69) is 46.8 Å². The highest BCUT2D eigenvalue weighted by atomic mass is 35.5. The van der Waals surface area contributed by atoms with Gasteiger partial charge in [0, 0.05) is 93.1 Å². The molecule has 0 radical (unpaired) electrons. The van der Waals surface area contributed by atoms with Gasteiger partial charge in [-0.15, -0.1) is 0 Å². The maximum Gasteiger partial charge on any atom is 0.293 e. The van der Waals surface area contributed by atoms with Gasteiger partial charge in [0.1, 0.15) is 22.8 Å². The van der Waals surface area contributed by atoms with Crippen LogP contribution in [0.2, 0.25) is 5.02 Å². The first-order valence-electron chi connectivity index (χ1n) is 24.1. The Morgan fingerprint density at radius 3 is 2.43 bits per heavy atom. The average Bonchev–Trinajstić information content (AvgIpc) is 4.03. The highest BCUT2D eigenvalue weighted by Crippen LogP contribution is 2.52. The number of aromatic amines is 1. The molecule has 0 unspecified atom stereocenters. The third kappa shape index (κ3) is 10.1. The maximum atomic E-state index is 14.1. The number of aromatic nitrogens is 2. The minimum atomic E-state index is -4.57. The van der Waals surface area contributed by atoms with E-state index < -0.39 is 25.7 Å². The monoisotopic (exact) mass is 962 g/mol. The lowest BCUT2D eigenvalue weighted by Gasteiger charge is -2.41. The first kappa shape index (κ1) is 46.2. The number of nitro groups is 1. The van der Waals surface area contributed by atoms with Crippen molar-refractivity contribution in [3.05, 3.63) is 117 Å². The van der Waals surface area contributed by atoms with Crippen molar-refractivity contribution in [2.45, 2.75) is 87.6 Å². The maximum absolute atomic E-state index is 14.1. The second-order valence-corrected chi connectivity index (χ2v) is 21.4. The molecule has 0 atom stereocenters. The molecule has 2 aromatic heterocycles. The van der Waals surface area contributed by atoms with E-state index in [-0.39, 0.29) is 28.7 Å². The zero-order valence-corrected chi connectivity index (χ0v) is 39.8. The van der Waals surface area contributed by atoms with Gasteiger partial charge < -0.3 is 24.7 Å². The number of amides is 1. The van der Waals surface area contributed by atoms with Gasteiger partial charge in [-0.2, -0.15) is 0 Å². The number of anilines is 2. The number of nitrogens with one attached hydrogen (secondary N) is 3. The van der Waals surface area contributed by atoms with E-state index in [9.17, 15) is 23.3 Å². The molecular formula is C51H59ClN8O7S. The third-order valence-electron chi connectivity index (χ3n) is 15.1. The Morgan fingerprint density at radius 1 is 0.912 bits per heavy atom. The van der Waals surface area contributed by atoms with Crippen LogP contribution in [0.15, 0.2) is 95.7 Å². The van der Waals surface area contributed by atoms with Crippen molar-refractivity contribution in [3.8, 4) is 11.5 Å². The van der Waals surface area contributed by atoms with Crippen LogP contribution in [0.25, 0.3) is 16.6 Å². The number of piperazine rings is 1. The van der Waals surface area contributed by atoms with Gasteiger partial charge in [0.05, 0.1) is 34.0 Å². The van der Waals surface area contributed by atoms with Gasteiger partial charge in [-0.1, -0.05) is 42.1 Å². The number of fused-ring (bicyclic) bond motifs is 1. The summed E-state index contributed by atoms with van der Waals surface area (Å²) in [6, 6.07) is 21.2. The number of ether oxygens (including phenoxy) is 2. The number of hydrogen-bond acceptors (Lipinski definition) is 12. The molecule has 5 aliphatic rings. The van der Waals surface area contributed by atoms with Crippen molar-refractivity contribution in [2.24, 2.45) is 5.41 Å². The fraction of sp³-hybridized carbons (Fsp3) is 0.451. The molecule has 68 heavy (non-hydrogen) atoms. The lowest BCUT2D eigenvalue weighted by Crippen LogP contribution is -2.47. The Morgan fingerprint density at radius 2 is 1.68 bits per heavy atom. The lowest BCUT2D eigenvalue weighted by molar-refractivity contribution is -0.384. The van der Waals surface area contributed by atoms with Crippen molar-refractivity contribution in [2.75, 3.05) is 69.2 Å². The molecule has 4 heterocycles. The Bertz CT molecular complexity index is 2790. The number of halogens is 1. The standard InChI is InChI=1S/C51H59ClN8O7S/c52-37-5-3-35(4-6-37)42-15-20-51(18-1-2-19-51)33-36(42)34-57-23-25-58(26-24-57)40-11-13-44(48(31-40)67-47-17-22-54-49-43(47)16-21-53-49)50(61)56-68(64,65)41-12-14-45(46(32-41)60(62)63)55-38-7-9-39(10-8-38)59-27-29-66-30-28-59/h3-6,11-14,16-17,21-22,31-32,38-39,55H,1-2,7-10,15,18-20,23-30,33-34H2,(H,53,54)(H,56,61)/t38-,39-. The summed E-state index contributed by atoms with van der Waals surface area (Å²) in [5.74, 6) is -0.349. The van der Waals surface area contributed by atoms with Crippen molar-refractivity contribution >= 4 is 61.2 Å². The Labute approximate surface area is 402 Å². The first-order chi connectivity index (χ1) is 33.0. The van der Waals surface area contributed by atoms with Gasteiger partial charge in [0.25, 0.3) is 21.6 Å². The van der Waals surface area contributed by atoms with Crippen LogP contribution in [0.5, 0.6) is 11.5 Å². The minimum absolute atomic E-state index is 0.00340. The molecule has 3 N–H and O–H groups in total. The SMILES string of the molecule is O=C(NS(=O)(=O)c1ccc(N[C@H]2CC[C@H](N3CCOCC3)CC2)c([N+](=O)[O-])c1)c1ccc(N2CCN(CC3=C(c4ccc(Cl)cc4)CCC4(CCCC4)C3)CC2)cc1Oc1ccnc2[nH]ccc12. The molecule has 10 rings (SSSR count). The Balaban J connectivity index is 0.851. The molecule has 0 bridgehead atoms. The zero-order chi connectivity index (χ0) is 46.8. The number of H-pyrrole nitrogens is 1. The summed E-state index contributed by atoms with van der Waals surface area (Å²) < 4.78 is 42.0. The summed E-state index contributed by atoms with van der Waals surface area (Å²) in [7, 11) is -4.57. The molecule has 2 saturated heterocycles. The van der Waals surface area contributed by atoms with E-state index in [0.29, 0.717) is 28.2 Å². The minimum Gasteiger partial charge on any atom is -0.456 e. The fourth-order valence-electron chi connectivity index (χ4n) is 11.4. The highest BCUT2D eigenvalue weighted by molar-refractivity contribution is 7.90. The number of morpholine rings is 1. The number of allylic oxidation sites excluding steroid dienone is 1. The van der Waals surface area contributed by atoms with Gasteiger partial charge in [-0.25, -0.2) is 18.1 Å². The van der Waals surface area contributed by atoms with E-state index in [0.717, 1.165) is 114 Å². The molecule has 1 spiro atoms. The highest BCUT2D eigenvalue weighted by Gasteiger charge is 2.39. The summed E-state index contributed by atoms with van der Waals surface area (Å²) in [4.78, 5) is 40.2. The molecule has 5 aromatic rings. The molecule has 2 aliphatic heterocycles. The number of hydrogen-bond donors (Lipinski definition) is 3. The lowest BCUT2D eigenvalue weighted by atomic mass is 9.69. The summed E-state index contributed by atoms with van der Waals surface area (Å²) in [5.41, 5.74) is 5.96. The summed E-state index contributed by atoms with van der Waals surface area (Å²) in [6.45, 7) is 7.36. The van der Waals surface area contributed by atoms with Crippen LogP contribution in [-0.4, -0.2) is 110 Å². The first-order valence-corrected chi connectivity index (χ1v) is 26.0. The van der Waals surface area contributed by atoms with Crippen LogP contribution in [-0.2, 0) is 14.8 Å². The molecule has 3 aromatic carbocycles. The summed E-state index contributed by atoms with van der Waals surface area (Å²) in [5, 5.41) is 17.1. The topological polar surface area (TPSA) is 175 Å². The predicted molar refractivity (Wildman–Crippen MR) is 264 cm³/mol. The van der Waals surface area contributed by atoms with Crippen LogP contribution in [0.1, 0.15) is 86.6 Å². The van der Waals surface area contributed by atoms with Crippen LogP contribution >= 0.6 is 11.6 Å². The Kier molecular flexibility index (Phi) is 13.5. The molecule has 15 nitrogen and oxygen atoms in total. The van der Waals surface area contributed by atoms with Gasteiger partial charge in [-0.3, -0.25) is 24.7 Å². The average molecular weight is 964 g/mol. The second-order valence-electron chi connectivity index (χ2n) is 19.2. The molecule has 1 amide bonds. The van der Waals surface area contributed by atoms with Crippen molar-refractivity contribution in [3.63, 3.8) is 0 Å². The molecule has 358 valence electrons. The number of carbonyl (C=O) groups excluding carboxylic acids is 1. The van der Waals surface area contributed by atoms with Gasteiger partial charge in [0.15, 0.2) is 0 Å². The smallest absolute Gasteiger partial charge is 0.293 e. The molecular weight excluding hydrogens is 904 g/mol. The summed E-state index contributed by atoms with van der Waals surface area (Å²) >= 11 is 6.30. The number of nitrogens with zero attached hydrogens (tertiary/aromatic N) is 5. The van der Waals surface area contributed by atoms with E-state index in [4.69, 9.17) is 21.1 Å². The van der Waals surface area contributed by atoms with E-state index in [1.54, 1.807) is 36.2 Å². The van der Waals surface area contributed by atoms with Crippen LogP contribution in [0.3, 0.4) is 0 Å². The molecule has 4 fully saturated rings. The van der Waals surface area contributed by atoms with Crippen molar-refractivity contribution in [1.29, 1.82) is 0 Å². The van der Waals surface area contributed by atoms with Crippen LogP contribution in [0, 0.1) is 15.5 Å². The fourth-order valence-corrected chi connectivity index (χ4v) is 12.5. The Hall–Kier alpha value is -5.52. The second kappa shape index (κ2) is 19.8. The number of carbonyl (C=O) groups is 1. The summed E-state index contributed by atoms with van der Waals surface area (Å²) in [6.07, 6.45) is 15.6. The van der Waals surface area contributed by atoms with Crippen molar-refractivity contribution in [1.82, 2.24) is 24.5 Å². The van der Waals surface area contributed by atoms with Gasteiger partial charge >= 0.3 is 0 Å². The van der Waals surface area contributed by atoms with Crippen LogP contribution < -0.4 is 19.7 Å². The molecule has 17 heteroatoms. The van der Waals surface area contributed by atoms with E-state index >= 15 is 0 Å². The third-order valence-corrected chi connectivity index (χ3v) is 16.7. The predicted octanol–water partition coefficient (Wildman–Crippen LogP) is 9.41. The van der Waals surface area contributed by atoms with Crippen LogP contribution in [0.4, 0.5) is 17.1 Å². The van der Waals surface area contributed by atoms with Crippen molar-refractivity contribution < 1.29 is 27.6 Å². The molecule has 2 saturated carbocycles. The number of rotatable bonds is 13. The number of pyridine rings is 1. The number of nitro benzene ring substituents is 1. The van der Waals surface area contributed by atoms with Gasteiger partial charge in [-0.05, 0) is 123 Å². The van der Waals surface area contributed by atoms with Gasteiger partial charge in [0.2, 0.25) is 0 Å². The number of benzene rings is 3. The molecule has 3 aliphatic carbocycles. The normalized spacial score (nSPS) is 21.6. The number of sulfonamides is 1.